The molecule has 4 nitrogen and oxygen atoms in total. The van der Waals surface area contributed by atoms with Crippen molar-refractivity contribution in [1.82, 2.24) is 0 Å². The van der Waals surface area contributed by atoms with E-state index >= 15 is 0 Å². The molecule has 0 spiro atoms. The van der Waals surface area contributed by atoms with Crippen molar-refractivity contribution in [3.63, 3.8) is 0 Å². The number of fused-ring (bicyclic) bond motifs is 1. The summed E-state index contributed by atoms with van der Waals surface area (Å²) < 4.78 is 9.72. The van der Waals surface area contributed by atoms with Gasteiger partial charge in [0.05, 0.1) is 19.8 Å². The number of rotatable bonds is 4. The first-order valence-corrected chi connectivity index (χ1v) is 6.64. The van der Waals surface area contributed by atoms with E-state index in [1.807, 2.05) is 31.2 Å². The average molecular weight is 274 g/mol. The molecule has 0 bridgehead atoms. The van der Waals surface area contributed by atoms with E-state index in [1.165, 1.54) is 14.2 Å². The first-order chi connectivity index (χ1) is 9.65. The van der Waals surface area contributed by atoms with Gasteiger partial charge in [0.25, 0.3) is 0 Å². The summed E-state index contributed by atoms with van der Waals surface area (Å²) in [5.41, 5.74) is 3.08. The van der Waals surface area contributed by atoms with Crippen molar-refractivity contribution in [2.45, 2.75) is 25.7 Å². The maximum atomic E-state index is 12.1. The predicted molar refractivity (Wildman–Crippen MR) is 75.0 cm³/mol. The van der Waals surface area contributed by atoms with Crippen molar-refractivity contribution in [2.75, 3.05) is 14.2 Å². The highest BCUT2D eigenvalue weighted by atomic mass is 16.5. The smallest absolute Gasteiger partial charge is 0.335 e. The van der Waals surface area contributed by atoms with Gasteiger partial charge in [-0.25, -0.2) is 4.79 Å². The van der Waals surface area contributed by atoms with Crippen LogP contribution in [0.25, 0.3) is 5.57 Å². The van der Waals surface area contributed by atoms with Crippen LogP contribution >= 0.6 is 0 Å². The van der Waals surface area contributed by atoms with Gasteiger partial charge in [0.1, 0.15) is 5.92 Å². The first-order valence-electron chi connectivity index (χ1n) is 6.64. The number of carbonyl (C=O) groups excluding carboxylic acids is 2. The van der Waals surface area contributed by atoms with Crippen molar-refractivity contribution < 1.29 is 19.1 Å². The van der Waals surface area contributed by atoms with Crippen molar-refractivity contribution in [1.29, 1.82) is 0 Å². The lowest BCUT2D eigenvalue weighted by atomic mass is 9.95. The molecular formula is C16H18O4. The Balaban J connectivity index is 2.64. The molecule has 1 aliphatic carbocycles. The number of carbonyl (C=O) groups is 2. The Kier molecular flexibility index (Phi) is 4.23. The Morgan fingerprint density at radius 1 is 1.15 bits per heavy atom. The van der Waals surface area contributed by atoms with E-state index in [4.69, 9.17) is 9.47 Å². The van der Waals surface area contributed by atoms with Crippen LogP contribution in [-0.2, 0) is 19.1 Å². The summed E-state index contributed by atoms with van der Waals surface area (Å²) in [6.45, 7) is 2.04. The molecule has 20 heavy (non-hydrogen) atoms. The van der Waals surface area contributed by atoms with Crippen molar-refractivity contribution in [3.05, 3.63) is 41.0 Å². The molecule has 0 aliphatic heterocycles. The standard InChI is InChI=1S/C16H18O4/c1-4-7-11-10-8-5-6-9-12(10)14(16(18)20-3)13(11)15(17)19-2/h5-6,8-9,14H,4,7H2,1-3H3. The average Bonchev–Trinajstić information content (AvgIpc) is 2.81. The van der Waals surface area contributed by atoms with Gasteiger partial charge in [-0.3, -0.25) is 4.79 Å². The lowest BCUT2D eigenvalue weighted by Gasteiger charge is -2.13. The number of methoxy groups -OCH3 is 2. The van der Waals surface area contributed by atoms with Crippen LogP contribution in [0.15, 0.2) is 29.8 Å². The molecule has 0 aromatic heterocycles. The van der Waals surface area contributed by atoms with E-state index in [0.717, 1.165) is 29.5 Å². The summed E-state index contributed by atoms with van der Waals surface area (Å²) in [5.74, 6) is -1.56. The van der Waals surface area contributed by atoms with Gasteiger partial charge < -0.3 is 9.47 Å². The zero-order valence-corrected chi connectivity index (χ0v) is 11.9. The number of hydrogen-bond donors (Lipinski definition) is 0. The molecule has 1 unspecified atom stereocenters. The highest BCUT2D eigenvalue weighted by molar-refractivity contribution is 6.09. The number of hydrogen-bond acceptors (Lipinski definition) is 4. The molecule has 1 aromatic carbocycles. The third-order valence-electron chi connectivity index (χ3n) is 3.55. The van der Waals surface area contributed by atoms with Gasteiger partial charge in [-0.1, -0.05) is 37.6 Å². The molecular weight excluding hydrogens is 256 g/mol. The van der Waals surface area contributed by atoms with Crippen molar-refractivity contribution in [3.8, 4) is 0 Å². The van der Waals surface area contributed by atoms with Crippen molar-refractivity contribution in [2.24, 2.45) is 0 Å². The largest absolute Gasteiger partial charge is 0.468 e. The van der Waals surface area contributed by atoms with E-state index in [-0.39, 0.29) is 0 Å². The summed E-state index contributed by atoms with van der Waals surface area (Å²) in [6, 6.07) is 7.57. The lowest BCUT2D eigenvalue weighted by molar-refractivity contribution is -0.144. The third-order valence-corrected chi connectivity index (χ3v) is 3.55. The second-order valence-electron chi connectivity index (χ2n) is 4.68. The van der Waals surface area contributed by atoms with E-state index in [1.54, 1.807) is 0 Å². The molecule has 0 saturated carbocycles. The van der Waals surface area contributed by atoms with Gasteiger partial charge in [-0.05, 0) is 23.1 Å². The minimum atomic E-state index is -0.676. The normalized spacial score (nSPS) is 16.9. The highest BCUT2D eigenvalue weighted by Crippen LogP contribution is 2.44. The van der Waals surface area contributed by atoms with Crippen LogP contribution in [-0.4, -0.2) is 26.2 Å². The number of esters is 2. The van der Waals surface area contributed by atoms with E-state index in [0.29, 0.717) is 5.57 Å². The second kappa shape index (κ2) is 5.90. The second-order valence-corrected chi connectivity index (χ2v) is 4.68. The van der Waals surface area contributed by atoms with Gasteiger partial charge in [-0.15, -0.1) is 0 Å². The number of benzene rings is 1. The molecule has 4 heteroatoms. The molecule has 0 amide bonds. The zero-order chi connectivity index (χ0) is 14.7. The van der Waals surface area contributed by atoms with E-state index in [2.05, 4.69) is 0 Å². The Hall–Kier alpha value is -2.10. The van der Waals surface area contributed by atoms with Crippen LogP contribution in [0.1, 0.15) is 36.8 Å². The van der Waals surface area contributed by atoms with Crippen LogP contribution in [0.2, 0.25) is 0 Å². The number of ether oxygens (including phenoxy) is 2. The molecule has 0 saturated heterocycles. The molecule has 1 aromatic rings. The molecule has 106 valence electrons. The summed E-state index contributed by atoms with van der Waals surface area (Å²) >= 11 is 0. The Labute approximate surface area is 118 Å². The highest BCUT2D eigenvalue weighted by Gasteiger charge is 2.40. The SMILES string of the molecule is CCCC1=C(C(=O)OC)C(C(=O)OC)c2ccccc21. The first kappa shape index (κ1) is 14.3. The quantitative estimate of drug-likeness (QED) is 0.792. The van der Waals surface area contributed by atoms with Crippen LogP contribution in [0.3, 0.4) is 0 Å². The minimum absolute atomic E-state index is 0.419. The molecule has 0 radical (unpaired) electrons. The summed E-state index contributed by atoms with van der Waals surface area (Å²) in [6.07, 6.45) is 1.62. The Morgan fingerprint density at radius 3 is 2.45 bits per heavy atom. The van der Waals surface area contributed by atoms with Crippen molar-refractivity contribution >= 4 is 17.5 Å². The topological polar surface area (TPSA) is 52.6 Å². The van der Waals surface area contributed by atoms with Gasteiger partial charge in [0.2, 0.25) is 0 Å². The molecule has 1 atom stereocenters. The summed E-state index contributed by atoms with van der Waals surface area (Å²) in [7, 11) is 2.66. The fraction of sp³-hybridized carbons (Fsp3) is 0.375. The van der Waals surface area contributed by atoms with Crippen LogP contribution < -0.4 is 0 Å². The van der Waals surface area contributed by atoms with Gasteiger partial charge in [0, 0.05) is 0 Å². The zero-order valence-electron chi connectivity index (χ0n) is 11.9. The Bertz CT molecular complexity index is 572. The predicted octanol–water partition coefficient (Wildman–Crippen LogP) is 2.68. The molecule has 0 fully saturated rings. The van der Waals surface area contributed by atoms with Gasteiger partial charge in [-0.2, -0.15) is 0 Å². The fourth-order valence-corrected chi connectivity index (χ4v) is 2.73. The minimum Gasteiger partial charge on any atom is -0.468 e. The monoisotopic (exact) mass is 274 g/mol. The Morgan fingerprint density at radius 2 is 1.85 bits per heavy atom. The third kappa shape index (κ3) is 2.22. The fourth-order valence-electron chi connectivity index (χ4n) is 2.73. The summed E-state index contributed by atoms with van der Waals surface area (Å²) in [4.78, 5) is 24.2. The van der Waals surface area contributed by atoms with Crippen LogP contribution in [0.4, 0.5) is 0 Å². The molecule has 0 heterocycles. The van der Waals surface area contributed by atoms with Gasteiger partial charge >= 0.3 is 11.9 Å². The van der Waals surface area contributed by atoms with Crippen LogP contribution in [0.5, 0.6) is 0 Å². The maximum Gasteiger partial charge on any atom is 0.335 e. The maximum absolute atomic E-state index is 12.1. The van der Waals surface area contributed by atoms with Crippen LogP contribution in [0, 0.1) is 0 Å². The number of allylic oxidation sites excluding steroid dienone is 1. The summed E-state index contributed by atoms with van der Waals surface area (Å²) in [5, 5.41) is 0. The molecule has 2 rings (SSSR count). The molecule has 1 aliphatic rings. The molecule has 0 N–H and O–H groups in total. The lowest BCUT2D eigenvalue weighted by Crippen LogP contribution is -2.20. The van der Waals surface area contributed by atoms with Gasteiger partial charge in [0.15, 0.2) is 0 Å². The van der Waals surface area contributed by atoms with E-state index in [9.17, 15) is 9.59 Å². The van der Waals surface area contributed by atoms with E-state index < -0.39 is 17.9 Å².